The zero-order valence-electron chi connectivity index (χ0n) is 13.7. The predicted molar refractivity (Wildman–Crippen MR) is 78.4 cm³/mol. The van der Waals surface area contributed by atoms with Crippen molar-refractivity contribution in [2.75, 3.05) is 34.2 Å². The summed E-state index contributed by atoms with van der Waals surface area (Å²) in [5.41, 5.74) is -0.0992. The summed E-state index contributed by atoms with van der Waals surface area (Å²) in [6.45, 7) is 12.5. The molecule has 0 saturated carbocycles. The van der Waals surface area contributed by atoms with E-state index < -0.39 is 0 Å². The second-order valence-electron chi connectivity index (χ2n) is 8.24. The number of amides is 1. The van der Waals surface area contributed by atoms with Crippen molar-refractivity contribution >= 4 is 5.91 Å². The first kappa shape index (κ1) is 17.4. The van der Waals surface area contributed by atoms with Crippen LogP contribution in [0.5, 0.6) is 0 Å². The maximum absolute atomic E-state index is 12.2. The van der Waals surface area contributed by atoms with Crippen molar-refractivity contribution in [2.24, 2.45) is 10.8 Å². The van der Waals surface area contributed by atoms with Gasteiger partial charge in [0, 0.05) is 18.4 Å². The highest BCUT2D eigenvalue weighted by atomic mass is 16.2. The van der Waals surface area contributed by atoms with Crippen molar-refractivity contribution in [3.63, 3.8) is 0 Å². The van der Waals surface area contributed by atoms with Gasteiger partial charge in [-0.25, -0.2) is 0 Å². The Labute approximate surface area is 114 Å². The predicted octanol–water partition coefficient (Wildman–Crippen LogP) is 2.66. The molecule has 0 radical (unpaired) electrons. The van der Waals surface area contributed by atoms with E-state index >= 15 is 0 Å². The second-order valence-corrected chi connectivity index (χ2v) is 8.24. The molecular formula is C15H33N2O+. The first-order valence-corrected chi connectivity index (χ1v) is 6.92. The lowest BCUT2D eigenvalue weighted by molar-refractivity contribution is -0.870. The van der Waals surface area contributed by atoms with Gasteiger partial charge in [-0.1, -0.05) is 34.6 Å². The highest BCUT2D eigenvalue weighted by Gasteiger charge is 2.32. The molecule has 18 heavy (non-hydrogen) atoms. The molecule has 0 saturated heterocycles. The third-order valence-electron chi connectivity index (χ3n) is 2.88. The van der Waals surface area contributed by atoms with Gasteiger partial charge < -0.3 is 9.80 Å². The lowest BCUT2D eigenvalue weighted by Crippen LogP contribution is -2.41. The SMILES string of the molecule is CC(C)(C)CC(C)(C)C(=O)NCCC[N+](C)(C)C. The summed E-state index contributed by atoms with van der Waals surface area (Å²) < 4.78 is 0.946. The van der Waals surface area contributed by atoms with E-state index in [0.717, 1.165) is 30.4 Å². The zero-order valence-corrected chi connectivity index (χ0v) is 13.7. The fourth-order valence-electron chi connectivity index (χ4n) is 2.40. The van der Waals surface area contributed by atoms with Crippen LogP contribution in [0.25, 0.3) is 0 Å². The van der Waals surface area contributed by atoms with Crippen LogP contribution < -0.4 is 5.32 Å². The maximum atomic E-state index is 12.2. The summed E-state index contributed by atoms with van der Waals surface area (Å²) >= 11 is 0. The van der Waals surface area contributed by atoms with Crippen molar-refractivity contribution in [3.8, 4) is 0 Å². The molecule has 0 heterocycles. The molecule has 0 atom stereocenters. The van der Waals surface area contributed by atoms with E-state index in [1.807, 2.05) is 13.8 Å². The third kappa shape index (κ3) is 8.51. The van der Waals surface area contributed by atoms with Crippen LogP contribution in [-0.4, -0.2) is 44.6 Å². The Bertz CT molecular complexity index is 269. The summed E-state index contributed by atoms with van der Waals surface area (Å²) in [4.78, 5) is 12.2. The molecule has 0 unspecified atom stereocenters. The van der Waals surface area contributed by atoms with Gasteiger partial charge in [0.2, 0.25) is 5.91 Å². The van der Waals surface area contributed by atoms with E-state index in [-0.39, 0.29) is 16.7 Å². The molecule has 3 heteroatoms. The first-order chi connectivity index (χ1) is 7.83. The molecule has 0 fully saturated rings. The lowest BCUT2D eigenvalue weighted by atomic mass is 9.76. The highest BCUT2D eigenvalue weighted by Crippen LogP contribution is 2.33. The molecule has 0 spiro atoms. The lowest BCUT2D eigenvalue weighted by Gasteiger charge is -2.31. The molecule has 0 aromatic carbocycles. The van der Waals surface area contributed by atoms with Gasteiger partial charge in [0.25, 0.3) is 0 Å². The van der Waals surface area contributed by atoms with Crippen LogP contribution in [0.1, 0.15) is 47.5 Å². The van der Waals surface area contributed by atoms with Crippen molar-refractivity contribution < 1.29 is 9.28 Å². The maximum Gasteiger partial charge on any atom is 0.225 e. The quantitative estimate of drug-likeness (QED) is 0.575. The van der Waals surface area contributed by atoms with Gasteiger partial charge >= 0.3 is 0 Å². The fourth-order valence-corrected chi connectivity index (χ4v) is 2.40. The molecule has 108 valence electrons. The summed E-state index contributed by atoms with van der Waals surface area (Å²) in [5.74, 6) is 0.179. The van der Waals surface area contributed by atoms with Crippen molar-refractivity contribution in [1.29, 1.82) is 0 Å². The van der Waals surface area contributed by atoms with Crippen LogP contribution in [0, 0.1) is 10.8 Å². The minimum absolute atomic E-state index is 0.179. The van der Waals surface area contributed by atoms with Crippen molar-refractivity contribution in [2.45, 2.75) is 47.5 Å². The Morgan fingerprint density at radius 1 is 1.06 bits per heavy atom. The Morgan fingerprint density at radius 3 is 1.94 bits per heavy atom. The topological polar surface area (TPSA) is 29.1 Å². The highest BCUT2D eigenvalue weighted by molar-refractivity contribution is 5.81. The molecular weight excluding hydrogens is 224 g/mol. The van der Waals surface area contributed by atoms with Crippen molar-refractivity contribution in [3.05, 3.63) is 0 Å². The molecule has 0 aliphatic carbocycles. The Hall–Kier alpha value is -0.570. The number of hydrogen-bond donors (Lipinski definition) is 1. The van der Waals surface area contributed by atoms with Crippen LogP contribution in [0.3, 0.4) is 0 Å². The molecule has 0 aliphatic rings. The zero-order chi connectivity index (χ0) is 14.6. The third-order valence-corrected chi connectivity index (χ3v) is 2.88. The normalized spacial score (nSPS) is 13.6. The molecule has 1 N–H and O–H groups in total. The molecule has 0 aromatic heterocycles. The van der Waals surface area contributed by atoms with E-state index in [0.29, 0.717) is 0 Å². The number of carbonyl (C=O) groups excluding carboxylic acids is 1. The first-order valence-electron chi connectivity index (χ1n) is 6.92. The Kier molecular flexibility index (Phi) is 5.86. The number of quaternary nitrogens is 1. The molecule has 3 nitrogen and oxygen atoms in total. The molecule has 1 amide bonds. The van der Waals surface area contributed by atoms with E-state index in [1.165, 1.54) is 0 Å². The van der Waals surface area contributed by atoms with Gasteiger partial charge in [-0.3, -0.25) is 4.79 Å². The van der Waals surface area contributed by atoms with Gasteiger partial charge in [0.1, 0.15) is 0 Å². The average molecular weight is 257 g/mol. The van der Waals surface area contributed by atoms with Gasteiger partial charge in [-0.05, 0) is 11.8 Å². The fraction of sp³-hybridized carbons (Fsp3) is 0.933. The van der Waals surface area contributed by atoms with Crippen LogP contribution in [0.2, 0.25) is 0 Å². The molecule has 0 bridgehead atoms. The van der Waals surface area contributed by atoms with Gasteiger partial charge in [-0.15, -0.1) is 0 Å². The number of nitrogens with one attached hydrogen (secondary N) is 1. The summed E-state index contributed by atoms with van der Waals surface area (Å²) in [6, 6.07) is 0. The molecule has 0 aliphatic heterocycles. The summed E-state index contributed by atoms with van der Waals surface area (Å²) in [6.07, 6.45) is 1.93. The Balaban J connectivity index is 4.09. The van der Waals surface area contributed by atoms with Gasteiger partial charge in [0.05, 0.1) is 27.7 Å². The molecule has 0 aromatic rings. The van der Waals surface area contributed by atoms with E-state index in [2.05, 4.69) is 47.2 Å². The van der Waals surface area contributed by atoms with Crippen LogP contribution in [0.15, 0.2) is 0 Å². The largest absolute Gasteiger partial charge is 0.355 e. The number of carbonyl (C=O) groups is 1. The van der Waals surface area contributed by atoms with E-state index in [9.17, 15) is 4.79 Å². The number of rotatable bonds is 6. The molecule has 0 rings (SSSR count). The average Bonchev–Trinajstić information content (AvgIpc) is 2.06. The standard InChI is InChI=1S/C15H32N2O/c1-14(2,3)12-15(4,5)13(18)16-10-9-11-17(6,7)8/h9-12H2,1-8H3/p+1. The second kappa shape index (κ2) is 6.05. The van der Waals surface area contributed by atoms with Gasteiger partial charge in [0.15, 0.2) is 0 Å². The van der Waals surface area contributed by atoms with Crippen LogP contribution in [-0.2, 0) is 4.79 Å². The van der Waals surface area contributed by atoms with E-state index in [1.54, 1.807) is 0 Å². The van der Waals surface area contributed by atoms with Gasteiger partial charge in [-0.2, -0.15) is 0 Å². The van der Waals surface area contributed by atoms with E-state index in [4.69, 9.17) is 0 Å². The summed E-state index contributed by atoms with van der Waals surface area (Å²) in [5, 5.41) is 3.07. The minimum Gasteiger partial charge on any atom is -0.355 e. The van der Waals surface area contributed by atoms with Crippen LogP contribution >= 0.6 is 0 Å². The smallest absolute Gasteiger partial charge is 0.225 e. The van der Waals surface area contributed by atoms with Crippen LogP contribution in [0.4, 0.5) is 0 Å². The number of hydrogen-bond acceptors (Lipinski definition) is 1. The monoisotopic (exact) mass is 257 g/mol. The van der Waals surface area contributed by atoms with Crippen molar-refractivity contribution in [1.82, 2.24) is 5.32 Å². The Morgan fingerprint density at radius 2 is 1.56 bits per heavy atom. The minimum atomic E-state index is -0.283. The number of nitrogens with zero attached hydrogens (tertiary/aromatic N) is 1. The summed E-state index contributed by atoms with van der Waals surface area (Å²) in [7, 11) is 6.52.